The van der Waals surface area contributed by atoms with Crippen molar-refractivity contribution in [3.63, 3.8) is 0 Å². The molecule has 7 heteroatoms. The van der Waals surface area contributed by atoms with Gasteiger partial charge in [0.1, 0.15) is 18.4 Å². The highest BCUT2D eigenvalue weighted by atomic mass is 16.5. The van der Waals surface area contributed by atoms with E-state index in [1.54, 1.807) is 11.0 Å². The van der Waals surface area contributed by atoms with E-state index in [9.17, 15) is 4.79 Å². The van der Waals surface area contributed by atoms with Gasteiger partial charge in [0.2, 0.25) is 5.91 Å². The van der Waals surface area contributed by atoms with Gasteiger partial charge in [0, 0.05) is 45.6 Å². The lowest BCUT2D eigenvalue weighted by Crippen LogP contribution is -2.48. The summed E-state index contributed by atoms with van der Waals surface area (Å²) in [5, 5.41) is 4.03. The molecule has 0 spiro atoms. The molecule has 0 atom stereocenters. The number of hydrogen-bond donors (Lipinski definition) is 0. The standard InChI is InChI=1S/C18H23N5O2/c24-18(3-5-23-14-19-13-20-23)22-8-6-21(7-9-22)12-15-1-2-17-16(11-15)4-10-25-17/h1-2,11,13-14H,3-10,12H2. The zero-order valence-corrected chi connectivity index (χ0v) is 14.3. The van der Waals surface area contributed by atoms with Crippen LogP contribution < -0.4 is 4.74 Å². The average molecular weight is 341 g/mol. The maximum atomic E-state index is 12.3. The monoisotopic (exact) mass is 341 g/mol. The van der Waals surface area contributed by atoms with Gasteiger partial charge in [-0.15, -0.1) is 0 Å². The molecule has 0 unspecified atom stereocenters. The highest BCUT2D eigenvalue weighted by molar-refractivity contribution is 5.76. The molecular formula is C18H23N5O2. The number of benzene rings is 1. The molecule has 1 aromatic carbocycles. The lowest BCUT2D eigenvalue weighted by atomic mass is 10.1. The molecule has 2 aromatic rings. The van der Waals surface area contributed by atoms with Crippen molar-refractivity contribution in [2.75, 3.05) is 32.8 Å². The second kappa shape index (κ2) is 7.23. The van der Waals surface area contributed by atoms with Crippen LogP contribution in [0.2, 0.25) is 0 Å². The van der Waals surface area contributed by atoms with Gasteiger partial charge in [0.15, 0.2) is 0 Å². The van der Waals surface area contributed by atoms with Crippen LogP contribution in [0.1, 0.15) is 17.5 Å². The summed E-state index contributed by atoms with van der Waals surface area (Å²) < 4.78 is 7.27. The molecule has 7 nitrogen and oxygen atoms in total. The third-order valence-corrected chi connectivity index (χ3v) is 4.91. The fourth-order valence-electron chi connectivity index (χ4n) is 3.47. The van der Waals surface area contributed by atoms with E-state index in [4.69, 9.17) is 4.74 Å². The molecule has 25 heavy (non-hydrogen) atoms. The Morgan fingerprint density at radius 3 is 2.88 bits per heavy atom. The van der Waals surface area contributed by atoms with Crippen molar-refractivity contribution in [1.82, 2.24) is 24.6 Å². The van der Waals surface area contributed by atoms with Gasteiger partial charge in [-0.2, -0.15) is 5.10 Å². The molecule has 0 N–H and O–H groups in total. The first-order valence-electron chi connectivity index (χ1n) is 8.85. The summed E-state index contributed by atoms with van der Waals surface area (Å²) in [5.74, 6) is 1.23. The first kappa shape index (κ1) is 16.1. The SMILES string of the molecule is O=C(CCn1cncn1)N1CCN(Cc2ccc3c(c2)CCO3)CC1. The molecular weight excluding hydrogens is 318 g/mol. The van der Waals surface area contributed by atoms with Crippen molar-refractivity contribution in [3.8, 4) is 5.75 Å². The van der Waals surface area contributed by atoms with E-state index >= 15 is 0 Å². The Morgan fingerprint density at radius 2 is 2.08 bits per heavy atom. The van der Waals surface area contributed by atoms with Gasteiger partial charge in [0.05, 0.1) is 13.2 Å². The third-order valence-electron chi connectivity index (χ3n) is 4.91. The lowest BCUT2D eigenvalue weighted by Gasteiger charge is -2.34. The lowest BCUT2D eigenvalue weighted by molar-refractivity contribution is -0.133. The number of nitrogens with zero attached hydrogens (tertiary/aromatic N) is 5. The predicted octanol–water partition coefficient (Wildman–Crippen LogP) is 0.947. The molecule has 132 valence electrons. The molecule has 2 aliphatic rings. The molecule has 1 amide bonds. The summed E-state index contributed by atoms with van der Waals surface area (Å²) in [4.78, 5) is 20.6. The zero-order chi connectivity index (χ0) is 17.1. The van der Waals surface area contributed by atoms with Crippen molar-refractivity contribution in [2.45, 2.75) is 25.9 Å². The minimum atomic E-state index is 0.199. The molecule has 1 saturated heterocycles. The van der Waals surface area contributed by atoms with E-state index in [0.29, 0.717) is 13.0 Å². The van der Waals surface area contributed by atoms with Gasteiger partial charge in [-0.05, 0) is 17.2 Å². The molecule has 2 aliphatic heterocycles. The summed E-state index contributed by atoms with van der Waals surface area (Å²) in [6.45, 7) is 5.76. The van der Waals surface area contributed by atoms with Crippen LogP contribution in [0.4, 0.5) is 0 Å². The van der Waals surface area contributed by atoms with E-state index in [-0.39, 0.29) is 5.91 Å². The van der Waals surface area contributed by atoms with Crippen molar-refractivity contribution in [1.29, 1.82) is 0 Å². The van der Waals surface area contributed by atoms with Gasteiger partial charge in [-0.1, -0.05) is 12.1 Å². The normalized spacial score (nSPS) is 17.4. The predicted molar refractivity (Wildman–Crippen MR) is 92.1 cm³/mol. The van der Waals surface area contributed by atoms with E-state index in [2.05, 4.69) is 33.2 Å². The van der Waals surface area contributed by atoms with Crippen LogP contribution in [0, 0.1) is 0 Å². The number of carbonyl (C=O) groups excluding carboxylic acids is 1. The Morgan fingerprint density at radius 1 is 1.20 bits per heavy atom. The molecule has 3 heterocycles. The number of fused-ring (bicyclic) bond motifs is 1. The summed E-state index contributed by atoms with van der Waals surface area (Å²) >= 11 is 0. The van der Waals surface area contributed by atoms with Gasteiger partial charge in [-0.3, -0.25) is 14.4 Å². The van der Waals surface area contributed by atoms with Gasteiger partial charge in [-0.25, -0.2) is 4.98 Å². The Balaban J connectivity index is 1.24. The average Bonchev–Trinajstić information content (AvgIpc) is 3.31. The minimum absolute atomic E-state index is 0.199. The van der Waals surface area contributed by atoms with Gasteiger partial charge < -0.3 is 9.64 Å². The van der Waals surface area contributed by atoms with Crippen LogP contribution in [-0.2, 0) is 24.3 Å². The Bertz CT molecular complexity index is 723. The smallest absolute Gasteiger partial charge is 0.224 e. The molecule has 0 radical (unpaired) electrons. The second-order valence-electron chi connectivity index (χ2n) is 6.61. The number of amides is 1. The Kier molecular flexibility index (Phi) is 4.65. The molecule has 0 saturated carbocycles. The van der Waals surface area contributed by atoms with Crippen molar-refractivity contribution in [3.05, 3.63) is 42.0 Å². The Labute approximate surface area is 147 Å². The second-order valence-corrected chi connectivity index (χ2v) is 6.61. The minimum Gasteiger partial charge on any atom is -0.493 e. The summed E-state index contributed by atoms with van der Waals surface area (Å²) in [6, 6.07) is 6.50. The summed E-state index contributed by atoms with van der Waals surface area (Å²) in [6.07, 6.45) is 4.63. The van der Waals surface area contributed by atoms with Crippen molar-refractivity contribution < 1.29 is 9.53 Å². The highest BCUT2D eigenvalue weighted by Gasteiger charge is 2.21. The van der Waals surface area contributed by atoms with Crippen molar-refractivity contribution in [2.24, 2.45) is 0 Å². The van der Waals surface area contributed by atoms with Gasteiger partial charge in [0.25, 0.3) is 0 Å². The number of aromatic nitrogens is 3. The molecule has 1 fully saturated rings. The number of piperazine rings is 1. The first-order chi connectivity index (χ1) is 12.3. The van der Waals surface area contributed by atoms with E-state index in [1.165, 1.54) is 17.5 Å². The number of ether oxygens (including phenoxy) is 1. The highest BCUT2D eigenvalue weighted by Crippen LogP contribution is 2.26. The van der Waals surface area contributed by atoms with Crippen LogP contribution in [0.15, 0.2) is 30.9 Å². The van der Waals surface area contributed by atoms with E-state index in [1.807, 2.05) is 4.90 Å². The van der Waals surface area contributed by atoms with E-state index < -0.39 is 0 Å². The fourth-order valence-corrected chi connectivity index (χ4v) is 3.47. The largest absolute Gasteiger partial charge is 0.493 e. The molecule has 0 bridgehead atoms. The maximum Gasteiger partial charge on any atom is 0.224 e. The quantitative estimate of drug-likeness (QED) is 0.810. The molecule has 1 aromatic heterocycles. The van der Waals surface area contributed by atoms with Crippen LogP contribution in [0.25, 0.3) is 0 Å². The zero-order valence-electron chi connectivity index (χ0n) is 14.3. The summed E-state index contributed by atoms with van der Waals surface area (Å²) in [5.41, 5.74) is 2.65. The number of aryl methyl sites for hydroxylation is 1. The Hall–Kier alpha value is -2.41. The van der Waals surface area contributed by atoms with Crippen LogP contribution in [0.5, 0.6) is 5.75 Å². The van der Waals surface area contributed by atoms with E-state index in [0.717, 1.165) is 51.5 Å². The summed E-state index contributed by atoms with van der Waals surface area (Å²) in [7, 11) is 0. The van der Waals surface area contributed by atoms with Crippen molar-refractivity contribution >= 4 is 5.91 Å². The van der Waals surface area contributed by atoms with Crippen LogP contribution in [0.3, 0.4) is 0 Å². The third kappa shape index (κ3) is 3.82. The fraction of sp³-hybridized carbons (Fsp3) is 0.500. The van der Waals surface area contributed by atoms with Crippen LogP contribution >= 0.6 is 0 Å². The topological polar surface area (TPSA) is 63.5 Å². The van der Waals surface area contributed by atoms with Gasteiger partial charge >= 0.3 is 0 Å². The first-order valence-corrected chi connectivity index (χ1v) is 8.85. The molecule has 0 aliphatic carbocycles. The molecule has 4 rings (SSSR count). The van der Waals surface area contributed by atoms with Crippen LogP contribution in [-0.4, -0.2) is 63.3 Å². The maximum absolute atomic E-state index is 12.3. The number of hydrogen-bond acceptors (Lipinski definition) is 5. The number of carbonyl (C=O) groups is 1. The number of rotatable bonds is 5.